The second-order valence-electron chi connectivity index (χ2n) is 4.58. The summed E-state index contributed by atoms with van der Waals surface area (Å²) in [5, 5.41) is 3.51. The molecular weight excluding hydrogens is 214 g/mol. The van der Waals surface area contributed by atoms with Crippen LogP contribution in [0.5, 0.6) is 0 Å². The number of rotatable bonds is 3. The summed E-state index contributed by atoms with van der Waals surface area (Å²) in [5.74, 6) is -0.150. The zero-order valence-electron chi connectivity index (χ0n) is 10.2. The average molecular weight is 233 g/mol. The van der Waals surface area contributed by atoms with E-state index < -0.39 is 0 Å². The van der Waals surface area contributed by atoms with Gasteiger partial charge < -0.3 is 10.1 Å². The van der Waals surface area contributed by atoms with Gasteiger partial charge in [0.1, 0.15) is 0 Å². The SMILES string of the molecule is COC(=O)CC1(c2ccccc2)CCCCN1. The molecule has 1 heterocycles. The normalized spacial score (nSPS) is 24.3. The summed E-state index contributed by atoms with van der Waals surface area (Å²) in [6.07, 6.45) is 3.73. The van der Waals surface area contributed by atoms with E-state index >= 15 is 0 Å². The van der Waals surface area contributed by atoms with E-state index in [0.717, 1.165) is 19.4 Å². The van der Waals surface area contributed by atoms with Gasteiger partial charge in [-0.05, 0) is 31.4 Å². The number of methoxy groups -OCH3 is 1. The van der Waals surface area contributed by atoms with Gasteiger partial charge in [0, 0.05) is 0 Å². The lowest BCUT2D eigenvalue weighted by atomic mass is 9.80. The van der Waals surface area contributed by atoms with Crippen molar-refractivity contribution in [3.05, 3.63) is 35.9 Å². The molecule has 2 rings (SSSR count). The molecule has 92 valence electrons. The molecule has 1 aromatic rings. The van der Waals surface area contributed by atoms with E-state index in [0.29, 0.717) is 6.42 Å². The summed E-state index contributed by atoms with van der Waals surface area (Å²) in [6.45, 7) is 0.964. The third-order valence-electron chi connectivity index (χ3n) is 3.49. The molecule has 3 nitrogen and oxygen atoms in total. The van der Waals surface area contributed by atoms with E-state index in [1.807, 2.05) is 18.2 Å². The van der Waals surface area contributed by atoms with Crippen molar-refractivity contribution in [3.63, 3.8) is 0 Å². The van der Waals surface area contributed by atoms with Gasteiger partial charge in [-0.15, -0.1) is 0 Å². The van der Waals surface area contributed by atoms with Gasteiger partial charge in [-0.2, -0.15) is 0 Å². The Balaban J connectivity index is 2.26. The highest BCUT2D eigenvalue weighted by Crippen LogP contribution is 2.33. The van der Waals surface area contributed by atoms with Gasteiger partial charge in [-0.25, -0.2) is 0 Å². The fraction of sp³-hybridized carbons (Fsp3) is 0.500. The Morgan fingerprint density at radius 3 is 2.71 bits per heavy atom. The predicted octanol–water partition coefficient (Wildman–Crippen LogP) is 2.22. The second kappa shape index (κ2) is 5.32. The Kier molecular flexibility index (Phi) is 3.79. The van der Waals surface area contributed by atoms with Crippen LogP contribution in [0.3, 0.4) is 0 Å². The van der Waals surface area contributed by atoms with Gasteiger partial charge in [-0.3, -0.25) is 4.79 Å². The maximum Gasteiger partial charge on any atom is 0.307 e. The molecule has 0 aromatic heterocycles. The number of ether oxygens (including phenoxy) is 1. The number of hydrogen-bond acceptors (Lipinski definition) is 3. The van der Waals surface area contributed by atoms with Crippen LogP contribution < -0.4 is 5.32 Å². The Morgan fingerprint density at radius 2 is 2.12 bits per heavy atom. The number of carbonyl (C=O) groups excluding carboxylic acids is 1. The van der Waals surface area contributed by atoms with Crippen LogP contribution in [0.1, 0.15) is 31.2 Å². The molecule has 1 aromatic carbocycles. The fourth-order valence-electron chi connectivity index (χ4n) is 2.54. The lowest BCUT2D eigenvalue weighted by molar-refractivity contribution is -0.142. The van der Waals surface area contributed by atoms with Crippen molar-refractivity contribution < 1.29 is 9.53 Å². The summed E-state index contributed by atoms with van der Waals surface area (Å²) >= 11 is 0. The molecule has 1 saturated heterocycles. The molecule has 1 unspecified atom stereocenters. The van der Waals surface area contributed by atoms with Crippen LogP contribution in [0.15, 0.2) is 30.3 Å². The molecule has 0 amide bonds. The van der Waals surface area contributed by atoms with Crippen molar-refractivity contribution in [2.75, 3.05) is 13.7 Å². The quantitative estimate of drug-likeness (QED) is 0.813. The number of piperidine rings is 1. The fourth-order valence-corrected chi connectivity index (χ4v) is 2.54. The van der Waals surface area contributed by atoms with E-state index in [1.54, 1.807) is 0 Å². The minimum atomic E-state index is -0.230. The minimum Gasteiger partial charge on any atom is -0.469 e. The topological polar surface area (TPSA) is 38.3 Å². The highest BCUT2D eigenvalue weighted by atomic mass is 16.5. The predicted molar refractivity (Wildman–Crippen MR) is 66.6 cm³/mol. The third kappa shape index (κ3) is 2.67. The minimum absolute atomic E-state index is 0.150. The molecule has 0 aliphatic carbocycles. The molecular formula is C14H19NO2. The van der Waals surface area contributed by atoms with Crippen molar-refractivity contribution in [1.29, 1.82) is 0 Å². The number of nitrogens with one attached hydrogen (secondary N) is 1. The zero-order chi connectivity index (χ0) is 12.1. The highest BCUT2D eigenvalue weighted by molar-refractivity contribution is 5.71. The van der Waals surface area contributed by atoms with E-state index in [4.69, 9.17) is 4.74 Å². The molecule has 1 aliphatic rings. The monoisotopic (exact) mass is 233 g/mol. The van der Waals surface area contributed by atoms with E-state index in [-0.39, 0.29) is 11.5 Å². The number of hydrogen-bond donors (Lipinski definition) is 1. The summed E-state index contributed by atoms with van der Waals surface area (Å²) < 4.78 is 4.82. The summed E-state index contributed by atoms with van der Waals surface area (Å²) in [4.78, 5) is 11.6. The molecule has 0 saturated carbocycles. The third-order valence-corrected chi connectivity index (χ3v) is 3.49. The first-order valence-electron chi connectivity index (χ1n) is 6.14. The van der Waals surface area contributed by atoms with Gasteiger partial charge in [0.15, 0.2) is 0 Å². The van der Waals surface area contributed by atoms with Crippen molar-refractivity contribution >= 4 is 5.97 Å². The summed E-state index contributed by atoms with van der Waals surface area (Å²) in [5.41, 5.74) is 0.956. The highest BCUT2D eigenvalue weighted by Gasteiger charge is 2.35. The van der Waals surface area contributed by atoms with Crippen LogP contribution >= 0.6 is 0 Å². The lowest BCUT2D eigenvalue weighted by Gasteiger charge is -2.38. The number of benzene rings is 1. The van der Waals surface area contributed by atoms with Gasteiger partial charge in [-0.1, -0.05) is 30.3 Å². The first-order chi connectivity index (χ1) is 8.27. The van der Waals surface area contributed by atoms with Gasteiger partial charge in [0.25, 0.3) is 0 Å². The van der Waals surface area contributed by atoms with Crippen LogP contribution in [0.4, 0.5) is 0 Å². The van der Waals surface area contributed by atoms with Crippen molar-refractivity contribution in [2.24, 2.45) is 0 Å². The van der Waals surface area contributed by atoms with Gasteiger partial charge >= 0.3 is 5.97 Å². The lowest BCUT2D eigenvalue weighted by Crippen LogP contribution is -2.47. The van der Waals surface area contributed by atoms with Crippen LogP contribution in [0, 0.1) is 0 Å². The number of esters is 1. The molecule has 1 N–H and O–H groups in total. The van der Waals surface area contributed by atoms with E-state index in [1.165, 1.54) is 19.1 Å². The molecule has 1 fully saturated rings. The Labute approximate surface area is 102 Å². The summed E-state index contributed by atoms with van der Waals surface area (Å²) in [6, 6.07) is 10.2. The zero-order valence-corrected chi connectivity index (χ0v) is 10.2. The molecule has 1 atom stereocenters. The maximum atomic E-state index is 11.6. The Hall–Kier alpha value is -1.35. The van der Waals surface area contributed by atoms with Crippen LogP contribution in [-0.2, 0) is 15.1 Å². The summed E-state index contributed by atoms with van der Waals surface area (Å²) in [7, 11) is 1.45. The second-order valence-corrected chi connectivity index (χ2v) is 4.58. The number of carbonyl (C=O) groups is 1. The van der Waals surface area contributed by atoms with E-state index in [9.17, 15) is 4.79 Å². The van der Waals surface area contributed by atoms with Crippen molar-refractivity contribution in [3.8, 4) is 0 Å². The standard InChI is InChI=1S/C14H19NO2/c1-17-13(16)11-14(9-5-6-10-15-14)12-7-3-2-4-8-12/h2-4,7-8,15H,5-6,9-11H2,1H3. The maximum absolute atomic E-state index is 11.6. The van der Waals surface area contributed by atoms with E-state index in [2.05, 4.69) is 17.4 Å². The molecule has 0 radical (unpaired) electrons. The van der Waals surface area contributed by atoms with Crippen LogP contribution in [0.2, 0.25) is 0 Å². The smallest absolute Gasteiger partial charge is 0.307 e. The van der Waals surface area contributed by atoms with Crippen LogP contribution in [0.25, 0.3) is 0 Å². The van der Waals surface area contributed by atoms with Crippen LogP contribution in [-0.4, -0.2) is 19.6 Å². The first-order valence-corrected chi connectivity index (χ1v) is 6.14. The molecule has 0 spiro atoms. The largest absolute Gasteiger partial charge is 0.469 e. The average Bonchev–Trinajstić information content (AvgIpc) is 2.40. The van der Waals surface area contributed by atoms with Gasteiger partial charge in [0.2, 0.25) is 0 Å². The Bertz CT molecular complexity index is 369. The molecule has 17 heavy (non-hydrogen) atoms. The first kappa shape index (κ1) is 12.1. The molecule has 0 bridgehead atoms. The van der Waals surface area contributed by atoms with Crippen molar-refractivity contribution in [2.45, 2.75) is 31.2 Å². The molecule has 3 heteroatoms. The Morgan fingerprint density at radius 1 is 1.35 bits per heavy atom. The van der Waals surface area contributed by atoms with Gasteiger partial charge in [0.05, 0.1) is 19.1 Å². The van der Waals surface area contributed by atoms with Crippen molar-refractivity contribution in [1.82, 2.24) is 5.32 Å². The molecule has 1 aliphatic heterocycles.